The van der Waals surface area contributed by atoms with Gasteiger partial charge in [0.1, 0.15) is 5.54 Å². The van der Waals surface area contributed by atoms with Crippen LogP contribution >= 0.6 is 23.2 Å². The van der Waals surface area contributed by atoms with E-state index in [1.54, 1.807) is 23.1 Å². The number of imide groups is 1. The highest BCUT2D eigenvalue weighted by Gasteiger charge is 2.58. The van der Waals surface area contributed by atoms with Crippen molar-refractivity contribution in [1.29, 1.82) is 0 Å². The number of benzene rings is 1. The summed E-state index contributed by atoms with van der Waals surface area (Å²) in [5.74, 6) is -0.211. The van der Waals surface area contributed by atoms with Crippen molar-refractivity contribution in [2.24, 2.45) is 0 Å². The van der Waals surface area contributed by atoms with Crippen molar-refractivity contribution < 1.29 is 19.4 Å². The molecule has 3 amide bonds. The van der Waals surface area contributed by atoms with E-state index in [1.807, 2.05) is 6.92 Å². The van der Waals surface area contributed by atoms with Crippen molar-refractivity contribution in [2.45, 2.75) is 43.7 Å². The van der Waals surface area contributed by atoms with Crippen molar-refractivity contribution >= 4 is 40.8 Å². The topological polar surface area (TPSA) is 73.3 Å². The van der Waals surface area contributed by atoms with Crippen LogP contribution in [0, 0.1) is 0 Å². The Kier molecular flexibility index (Phi) is 6.03. The largest absolute Gasteiger partial charge is 0.388 e. The highest BCUT2D eigenvalue weighted by molar-refractivity contribution is 6.42. The van der Waals surface area contributed by atoms with Gasteiger partial charge in [0.15, 0.2) is 0 Å². The third-order valence-corrected chi connectivity index (χ3v) is 7.38. The van der Waals surface area contributed by atoms with Gasteiger partial charge in [-0.05, 0) is 38.0 Å². The van der Waals surface area contributed by atoms with Gasteiger partial charge in [-0.3, -0.25) is 4.79 Å². The molecule has 0 unspecified atom stereocenters. The SMILES string of the molecule is CCN1C(=O)N(c2ccc(Cl)c(Cl)c2)C(=O)C12CCN(CC1(O)CCOCC1)CC2. The Balaban J connectivity index is 1.52. The lowest BCUT2D eigenvalue weighted by Crippen LogP contribution is -2.58. The molecule has 3 aliphatic rings. The number of carbonyl (C=O) groups excluding carboxylic acids is 2. The first-order valence-corrected chi connectivity index (χ1v) is 11.2. The lowest BCUT2D eigenvalue weighted by Gasteiger charge is -2.44. The molecule has 3 heterocycles. The van der Waals surface area contributed by atoms with Gasteiger partial charge < -0.3 is 19.6 Å². The quantitative estimate of drug-likeness (QED) is 0.705. The molecule has 1 aromatic rings. The molecule has 0 aromatic heterocycles. The smallest absolute Gasteiger partial charge is 0.332 e. The fourth-order valence-electron chi connectivity index (χ4n) is 4.89. The van der Waals surface area contributed by atoms with E-state index < -0.39 is 11.1 Å². The van der Waals surface area contributed by atoms with Gasteiger partial charge in [-0.1, -0.05) is 23.2 Å². The number of rotatable bonds is 4. The maximum absolute atomic E-state index is 13.5. The molecule has 9 heteroatoms. The van der Waals surface area contributed by atoms with Crippen LogP contribution in [-0.4, -0.2) is 77.4 Å². The van der Waals surface area contributed by atoms with Crippen molar-refractivity contribution in [2.75, 3.05) is 44.3 Å². The second kappa shape index (κ2) is 8.28. The average Bonchev–Trinajstić information content (AvgIpc) is 2.92. The number of halogens is 2. The van der Waals surface area contributed by atoms with E-state index >= 15 is 0 Å². The van der Waals surface area contributed by atoms with Crippen LogP contribution in [0.15, 0.2) is 18.2 Å². The Bertz CT molecular complexity index is 836. The summed E-state index contributed by atoms with van der Waals surface area (Å²) in [6.45, 7) is 5.35. The molecule has 7 nitrogen and oxygen atoms in total. The normalized spacial score (nSPS) is 24.1. The first kappa shape index (κ1) is 21.8. The number of urea groups is 1. The number of nitrogens with zero attached hydrogens (tertiary/aromatic N) is 3. The summed E-state index contributed by atoms with van der Waals surface area (Å²) in [5, 5.41) is 11.5. The molecule has 0 bridgehead atoms. The molecule has 1 aromatic carbocycles. The number of carbonyl (C=O) groups is 2. The second-order valence-corrected chi connectivity index (χ2v) is 9.22. The van der Waals surface area contributed by atoms with E-state index in [0.717, 1.165) is 0 Å². The number of β-amino-alcohol motifs (C(OH)–C–C–N with tert-alkyl or cyclic N) is 1. The Hall–Kier alpha value is -1.38. The fraction of sp³-hybridized carbons (Fsp3) is 0.619. The van der Waals surface area contributed by atoms with Crippen LogP contribution in [-0.2, 0) is 9.53 Å². The number of likely N-dealkylation sites (tertiary alicyclic amines) is 1. The minimum Gasteiger partial charge on any atom is -0.388 e. The molecule has 4 rings (SSSR count). The van der Waals surface area contributed by atoms with Gasteiger partial charge in [-0.15, -0.1) is 0 Å². The standard InChI is InChI=1S/C21H27Cl2N3O4/c1-2-25-19(28)26(15-3-4-16(22)17(23)13-15)18(27)21(25)5-9-24(10-6-21)14-20(29)7-11-30-12-8-20/h3-4,13,29H,2,5-12,14H2,1H3. The predicted molar refractivity (Wildman–Crippen MR) is 115 cm³/mol. The number of hydrogen-bond acceptors (Lipinski definition) is 5. The first-order chi connectivity index (χ1) is 14.3. The number of amides is 3. The molecule has 3 aliphatic heterocycles. The number of hydrogen-bond donors (Lipinski definition) is 1. The Morgan fingerprint density at radius 2 is 1.73 bits per heavy atom. The summed E-state index contributed by atoms with van der Waals surface area (Å²) >= 11 is 12.1. The molecule has 3 saturated heterocycles. The molecule has 0 saturated carbocycles. The molecule has 0 atom stereocenters. The summed E-state index contributed by atoms with van der Waals surface area (Å²) in [4.78, 5) is 31.8. The minimum absolute atomic E-state index is 0.211. The van der Waals surface area contributed by atoms with Gasteiger partial charge in [0.25, 0.3) is 5.91 Å². The molecule has 3 fully saturated rings. The molecular formula is C21H27Cl2N3O4. The monoisotopic (exact) mass is 455 g/mol. The molecule has 164 valence electrons. The van der Waals surface area contributed by atoms with Crippen molar-refractivity contribution in [1.82, 2.24) is 9.80 Å². The van der Waals surface area contributed by atoms with Gasteiger partial charge in [0.05, 0.1) is 21.3 Å². The van der Waals surface area contributed by atoms with Crippen LogP contribution in [0.2, 0.25) is 10.0 Å². The van der Waals surface area contributed by atoms with E-state index in [2.05, 4.69) is 4.90 Å². The lowest BCUT2D eigenvalue weighted by atomic mass is 9.84. The van der Waals surface area contributed by atoms with Crippen molar-refractivity contribution in [3.05, 3.63) is 28.2 Å². The summed E-state index contributed by atoms with van der Waals surface area (Å²) < 4.78 is 5.36. The maximum atomic E-state index is 13.5. The Labute approximate surface area is 186 Å². The van der Waals surface area contributed by atoms with Crippen molar-refractivity contribution in [3.8, 4) is 0 Å². The molecule has 0 aliphatic carbocycles. The number of piperidine rings is 1. The van der Waals surface area contributed by atoms with E-state index in [1.165, 1.54) is 4.90 Å². The van der Waals surface area contributed by atoms with Crippen LogP contribution < -0.4 is 4.90 Å². The predicted octanol–water partition coefficient (Wildman–Crippen LogP) is 3.16. The zero-order chi connectivity index (χ0) is 21.5. The third kappa shape index (κ3) is 3.71. The highest BCUT2D eigenvalue weighted by Crippen LogP contribution is 2.40. The number of likely N-dealkylation sites (N-methyl/N-ethyl adjacent to an activating group) is 1. The zero-order valence-electron chi connectivity index (χ0n) is 17.1. The van der Waals surface area contributed by atoms with Crippen molar-refractivity contribution in [3.63, 3.8) is 0 Å². The van der Waals surface area contributed by atoms with Gasteiger partial charge >= 0.3 is 6.03 Å². The van der Waals surface area contributed by atoms with E-state index in [9.17, 15) is 14.7 Å². The van der Waals surface area contributed by atoms with Crippen LogP contribution in [0.25, 0.3) is 0 Å². The average molecular weight is 456 g/mol. The van der Waals surface area contributed by atoms with Crippen LogP contribution in [0.3, 0.4) is 0 Å². The minimum atomic E-state index is -0.854. The number of aliphatic hydroxyl groups is 1. The van der Waals surface area contributed by atoms with E-state index in [4.69, 9.17) is 27.9 Å². The molecule has 0 radical (unpaired) electrons. The maximum Gasteiger partial charge on any atom is 0.332 e. The summed E-state index contributed by atoms with van der Waals surface area (Å²) in [6, 6.07) is 4.48. The Morgan fingerprint density at radius 3 is 2.33 bits per heavy atom. The third-order valence-electron chi connectivity index (χ3n) is 6.64. The highest BCUT2D eigenvalue weighted by atomic mass is 35.5. The summed E-state index contributed by atoms with van der Waals surface area (Å²) in [5.41, 5.74) is -1.16. The van der Waals surface area contributed by atoms with Gasteiger partial charge in [0.2, 0.25) is 0 Å². The molecule has 1 N–H and O–H groups in total. The molecular weight excluding hydrogens is 429 g/mol. The second-order valence-electron chi connectivity index (χ2n) is 8.41. The fourth-order valence-corrected chi connectivity index (χ4v) is 5.19. The number of ether oxygens (including phenoxy) is 1. The van der Waals surface area contributed by atoms with Crippen LogP contribution in [0.1, 0.15) is 32.6 Å². The summed E-state index contributed by atoms with van der Waals surface area (Å²) in [6.07, 6.45) is 2.32. The Morgan fingerprint density at radius 1 is 1.07 bits per heavy atom. The van der Waals surface area contributed by atoms with Crippen LogP contribution in [0.5, 0.6) is 0 Å². The summed E-state index contributed by atoms with van der Waals surface area (Å²) in [7, 11) is 0. The molecule has 1 spiro atoms. The molecule has 30 heavy (non-hydrogen) atoms. The first-order valence-electron chi connectivity index (χ1n) is 10.4. The van der Waals surface area contributed by atoms with Gasteiger partial charge in [-0.2, -0.15) is 0 Å². The van der Waals surface area contributed by atoms with E-state index in [-0.39, 0.29) is 11.9 Å². The van der Waals surface area contributed by atoms with Crippen LogP contribution in [0.4, 0.5) is 10.5 Å². The van der Waals surface area contributed by atoms with Gasteiger partial charge in [-0.25, -0.2) is 9.69 Å². The van der Waals surface area contributed by atoms with E-state index in [0.29, 0.717) is 80.8 Å². The zero-order valence-corrected chi connectivity index (χ0v) is 18.6. The number of anilines is 1. The van der Waals surface area contributed by atoms with Gasteiger partial charge in [0, 0.05) is 52.2 Å². The lowest BCUT2D eigenvalue weighted by molar-refractivity contribution is -0.128.